The molecule has 2 N–H and O–H groups in total. The van der Waals surface area contributed by atoms with Gasteiger partial charge in [0.2, 0.25) is 0 Å². The number of methoxy groups -OCH3 is 3. The van der Waals surface area contributed by atoms with Crippen LogP contribution in [0.15, 0.2) is 0 Å². The Kier molecular flexibility index (Phi) is 12.9. The van der Waals surface area contributed by atoms with E-state index in [2.05, 4.69) is 4.74 Å². The van der Waals surface area contributed by atoms with Crippen molar-refractivity contribution in [1.82, 2.24) is 0 Å². The van der Waals surface area contributed by atoms with Crippen LogP contribution in [-0.2, 0) is 23.7 Å². The first-order valence-electron chi connectivity index (χ1n) is 10.6. The van der Waals surface area contributed by atoms with Crippen LogP contribution in [0.4, 0.5) is 0 Å². The number of carbonyl (C=O) groups excluding carboxylic acids is 1. The third-order valence-electron chi connectivity index (χ3n) is 5.68. The standard InChI is InChI=1S/C21H40O7/c1-5-17(25-2)15(22)13-19(26-3)20-14-16(23)18(28-20)11-9-7-6-8-10-12-21(24)27-4/h15-20,22-23H,5-14H2,1-4H3. The first kappa shape index (κ1) is 25.3. The van der Waals surface area contributed by atoms with Crippen molar-refractivity contribution in [3.8, 4) is 0 Å². The highest BCUT2D eigenvalue weighted by Crippen LogP contribution is 2.30. The maximum atomic E-state index is 11.1. The fourth-order valence-corrected chi connectivity index (χ4v) is 3.89. The van der Waals surface area contributed by atoms with E-state index in [9.17, 15) is 15.0 Å². The molecule has 6 atom stereocenters. The van der Waals surface area contributed by atoms with Gasteiger partial charge in [-0.2, -0.15) is 0 Å². The zero-order chi connectivity index (χ0) is 20.9. The SMILES string of the molecule is CCC(OC)C(O)CC(OC)C1CC(O)C(CCCCCCCC(=O)OC)O1. The molecule has 0 bridgehead atoms. The van der Waals surface area contributed by atoms with Crippen molar-refractivity contribution in [2.45, 2.75) is 108 Å². The average molecular weight is 405 g/mol. The zero-order valence-electron chi connectivity index (χ0n) is 18.0. The quantitative estimate of drug-likeness (QED) is 0.320. The lowest BCUT2D eigenvalue weighted by atomic mass is 9.98. The lowest BCUT2D eigenvalue weighted by Gasteiger charge is -2.27. The molecule has 0 aromatic heterocycles. The van der Waals surface area contributed by atoms with Crippen molar-refractivity contribution in [3.05, 3.63) is 0 Å². The smallest absolute Gasteiger partial charge is 0.305 e. The van der Waals surface area contributed by atoms with Crippen LogP contribution in [0.2, 0.25) is 0 Å². The van der Waals surface area contributed by atoms with E-state index in [-0.39, 0.29) is 30.4 Å². The molecule has 7 heteroatoms. The van der Waals surface area contributed by atoms with E-state index in [1.165, 1.54) is 7.11 Å². The molecule has 0 aromatic carbocycles. The number of aliphatic hydroxyl groups excluding tert-OH is 2. The van der Waals surface area contributed by atoms with Crippen molar-refractivity contribution in [2.24, 2.45) is 0 Å². The van der Waals surface area contributed by atoms with E-state index >= 15 is 0 Å². The summed E-state index contributed by atoms with van der Waals surface area (Å²) in [6.07, 6.45) is 5.92. The number of hydrogen-bond acceptors (Lipinski definition) is 7. The van der Waals surface area contributed by atoms with Crippen molar-refractivity contribution < 1.29 is 34.0 Å². The van der Waals surface area contributed by atoms with Crippen LogP contribution in [0.3, 0.4) is 0 Å². The van der Waals surface area contributed by atoms with E-state index < -0.39 is 12.2 Å². The Morgan fingerprint density at radius 3 is 2.39 bits per heavy atom. The fourth-order valence-electron chi connectivity index (χ4n) is 3.89. The largest absolute Gasteiger partial charge is 0.469 e. The van der Waals surface area contributed by atoms with E-state index in [1.807, 2.05) is 6.92 Å². The Morgan fingerprint density at radius 1 is 1.11 bits per heavy atom. The minimum absolute atomic E-state index is 0.151. The van der Waals surface area contributed by atoms with Crippen LogP contribution in [0, 0.1) is 0 Å². The van der Waals surface area contributed by atoms with E-state index in [0.717, 1.165) is 44.9 Å². The highest BCUT2D eigenvalue weighted by Gasteiger charge is 2.39. The summed E-state index contributed by atoms with van der Waals surface area (Å²) < 4.78 is 21.5. The normalized spacial score (nSPS) is 25.4. The molecule has 0 saturated carbocycles. The highest BCUT2D eigenvalue weighted by atomic mass is 16.6. The minimum Gasteiger partial charge on any atom is -0.469 e. The van der Waals surface area contributed by atoms with Gasteiger partial charge in [-0.25, -0.2) is 0 Å². The second-order valence-electron chi connectivity index (χ2n) is 7.66. The van der Waals surface area contributed by atoms with Crippen LogP contribution in [0.1, 0.15) is 71.1 Å². The van der Waals surface area contributed by atoms with Gasteiger partial charge in [-0.05, 0) is 19.3 Å². The molecule has 1 rings (SSSR count). The van der Waals surface area contributed by atoms with Gasteiger partial charge in [0, 0.05) is 33.5 Å². The summed E-state index contributed by atoms with van der Waals surface area (Å²) in [5, 5.41) is 20.7. The van der Waals surface area contributed by atoms with E-state index in [0.29, 0.717) is 19.3 Å². The van der Waals surface area contributed by atoms with Crippen LogP contribution in [-0.4, -0.2) is 74.1 Å². The van der Waals surface area contributed by atoms with Gasteiger partial charge in [-0.15, -0.1) is 0 Å². The molecule has 0 spiro atoms. The second kappa shape index (κ2) is 14.3. The minimum atomic E-state index is -0.621. The van der Waals surface area contributed by atoms with E-state index in [4.69, 9.17) is 14.2 Å². The highest BCUT2D eigenvalue weighted by molar-refractivity contribution is 5.68. The van der Waals surface area contributed by atoms with Gasteiger partial charge < -0.3 is 29.2 Å². The summed E-state index contributed by atoms with van der Waals surface area (Å²) in [6.45, 7) is 1.97. The van der Waals surface area contributed by atoms with Crippen molar-refractivity contribution in [1.29, 1.82) is 0 Å². The third-order valence-corrected chi connectivity index (χ3v) is 5.68. The Labute approximate surface area is 169 Å². The predicted molar refractivity (Wildman–Crippen MR) is 106 cm³/mol. The van der Waals surface area contributed by atoms with Gasteiger partial charge in [0.25, 0.3) is 0 Å². The molecule has 1 aliphatic rings. The molecule has 1 aliphatic heterocycles. The summed E-state index contributed by atoms with van der Waals surface area (Å²) in [7, 11) is 4.63. The lowest BCUT2D eigenvalue weighted by Crippen LogP contribution is -2.37. The third kappa shape index (κ3) is 8.74. The van der Waals surface area contributed by atoms with Gasteiger partial charge in [-0.1, -0.05) is 32.6 Å². The number of carbonyl (C=O) groups is 1. The van der Waals surface area contributed by atoms with Crippen molar-refractivity contribution in [2.75, 3.05) is 21.3 Å². The summed E-state index contributed by atoms with van der Waals surface area (Å²) in [4.78, 5) is 11.1. The zero-order valence-corrected chi connectivity index (χ0v) is 18.0. The van der Waals surface area contributed by atoms with Crippen LogP contribution in [0.5, 0.6) is 0 Å². The molecule has 1 fully saturated rings. The van der Waals surface area contributed by atoms with Crippen LogP contribution >= 0.6 is 0 Å². The van der Waals surface area contributed by atoms with Crippen molar-refractivity contribution in [3.63, 3.8) is 0 Å². The molecular weight excluding hydrogens is 364 g/mol. The molecule has 6 unspecified atom stereocenters. The topological polar surface area (TPSA) is 94.5 Å². The average Bonchev–Trinajstić information content (AvgIpc) is 3.06. The molecular formula is C21H40O7. The van der Waals surface area contributed by atoms with Crippen LogP contribution < -0.4 is 0 Å². The number of aliphatic hydroxyl groups is 2. The Morgan fingerprint density at radius 2 is 1.79 bits per heavy atom. The molecule has 0 amide bonds. The Balaban J connectivity index is 2.29. The van der Waals surface area contributed by atoms with Crippen LogP contribution in [0.25, 0.3) is 0 Å². The number of rotatable bonds is 15. The summed E-state index contributed by atoms with van der Waals surface area (Å²) in [5.74, 6) is -0.151. The number of unbranched alkanes of at least 4 members (excludes halogenated alkanes) is 4. The molecule has 1 heterocycles. The Hall–Kier alpha value is -0.730. The van der Waals surface area contributed by atoms with Gasteiger partial charge >= 0.3 is 5.97 Å². The number of ether oxygens (including phenoxy) is 4. The summed E-state index contributed by atoms with van der Waals surface area (Å²) >= 11 is 0. The summed E-state index contributed by atoms with van der Waals surface area (Å²) in [5.41, 5.74) is 0. The van der Waals surface area contributed by atoms with E-state index in [1.54, 1.807) is 14.2 Å². The van der Waals surface area contributed by atoms with Gasteiger partial charge in [0.15, 0.2) is 0 Å². The van der Waals surface area contributed by atoms with Crippen molar-refractivity contribution >= 4 is 5.97 Å². The lowest BCUT2D eigenvalue weighted by molar-refractivity contribution is -0.140. The predicted octanol–water partition coefficient (Wildman–Crippen LogP) is 2.60. The second-order valence-corrected chi connectivity index (χ2v) is 7.66. The molecule has 28 heavy (non-hydrogen) atoms. The molecule has 0 aromatic rings. The molecule has 1 saturated heterocycles. The van der Waals surface area contributed by atoms with Gasteiger partial charge in [0.1, 0.15) is 0 Å². The van der Waals surface area contributed by atoms with Gasteiger partial charge in [-0.3, -0.25) is 4.79 Å². The molecule has 0 radical (unpaired) electrons. The van der Waals surface area contributed by atoms with Gasteiger partial charge in [0.05, 0.1) is 43.7 Å². The maximum absolute atomic E-state index is 11.1. The number of esters is 1. The molecule has 0 aliphatic carbocycles. The number of hydrogen-bond donors (Lipinski definition) is 2. The molecule has 166 valence electrons. The Bertz CT molecular complexity index is 414. The fraction of sp³-hybridized carbons (Fsp3) is 0.952. The first-order chi connectivity index (χ1) is 13.5. The molecule has 7 nitrogen and oxygen atoms in total. The summed E-state index contributed by atoms with van der Waals surface area (Å²) in [6, 6.07) is 0. The maximum Gasteiger partial charge on any atom is 0.305 e. The monoisotopic (exact) mass is 404 g/mol. The first-order valence-corrected chi connectivity index (χ1v) is 10.6.